The molecule has 3 aromatic carbocycles. The van der Waals surface area contributed by atoms with Crippen molar-refractivity contribution in [3.63, 3.8) is 0 Å². The minimum atomic E-state index is -2.01. The van der Waals surface area contributed by atoms with E-state index in [2.05, 4.69) is 42.8 Å². The van der Waals surface area contributed by atoms with Crippen LogP contribution in [0.4, 0.5) is 4.39 Å². The predicted octanol–water partition coefficient (Wildman–Crippen LogP) is 4.33. The number of aliphatic hydroxyl groups excluding tert-OH is 1. The van der Waals surface area contributed by atoms with Gasteiger partial charge in [-0.2, -0.15) is 0 Å². The Kier molecular flexibility index (Phi) is 21.4. The predicted molar refractivity (Wildman–Crippen MR) is 309 cm³/mol. The molecule has 7 amide bonds. The molecule has 7 N–H and O–H groups in total. The van der Waals surface area contributed by atoms with E-state index >= 15 is 0 Å². The number of phenols is 1. The average Bonchev–Trinajstić information content (AvgIpc) is 3.40. The van der Waals surface area contributed by atoms with Gasteiger partial charge < -0.3 is 70.1 Å². The van der Waals surface area contributed by atoms with Gasteiger partial charge in [-0.3, -0.25) is 33.6 Å². The van der Waals surface area contributed by atoms with Gasteiger partial charge in [-0.05, 0) is 72.9 Å². The molecule has 4 atom stereocenters. The molecule has 8 rings (SSSR count). The van der Waals surface area contributed by atoms with Gasteiger partial charge in [0.1, 0.15) is 23.6 Å². The number of aromatic hydroxyl groups is 1. The molecule has 0 unspecified atom stereocenters. The van der Waals surface area contributed by atoms with Crippen LogP contribution < -0.4 is 31.3 Å². The number of fused-ring (bicyclic) bond motifs is 1. The maximum absolute atomic E-state index is 14.7. The summed E-state index contributed by atoms with van der Waals surface area (Å²) in [4.78, 5) is 99.7. The molecule has 2 fully saturated rings. The molecule has 0 bridgehead atoms. The van der Waals surface area contributed by atoms with Gasteiger partial charge in [-0.25, -0.2) is 9.37 Å². The van der Waals surface area contributed by atoms with Crippen LogP contribution in [0.1, 0.15) is 102 Å². The quantitative estimate of drug-likeness (QED) is 0.0328. The summed E-state index contributed by atoms with van der Waals surface area (Å²) in [7, 11) is 1.55. The smallest absolute Gasteiger partial charge is 0.273 e. The van der Waals surface area contributed by atoms with Crippen LogP contribution in [0.3, 0.4) is 0 Å². The van der Waals surface area contributed by atoms with Gasteiger partial charge in [0.15, 0.2) is 23.7 Å². The summed E-state index contributed by atoms with van der Waals surface area (Å²) < 4.78 is 42.7. The van der Waals surface area contributed by atoms with Crippen molar-refractivity contribution in [2.75, 3.05) is 79.5 Å². The molecule has 1 saturated heterocycles. The van der Waals surface area contributed by atoms with Crippen LogP contribution in [-0.4, -0.2) is 175 Å². The van der Waals surface area contributed by atoms with Gasteiger partial charge in [0, 0.05) is 69.8 Å². The highest BCUT2D eigenvalue weighted by molar-refractivity contribution is 7.13. The third-order valence-electron chi connectivity index (χ3n) is 14.8. The first-order valence-electron chi connectivity index (χ1n) is 28.3. The Morgan fingerprint density at radius 3 is 2.33 bits per heavy atom. The van der Waals surface area contributed by atoms with E-state index in [4.69, 9.17) is 23.5 Å². The van der Waals surface area contributed by atoms with Gasteiger partial charge in [0.25, 0.3) is 23.6 Å². The number of phenolic OH excluding ortho intramolecular Hbond substituents is 1. The SMILES string of the molecule is Cc1ncsc1-c1ccc(CNC(=O)[C@@H]2C[C@@H](O)CN2C(=O)[C@@H](NC(=O)C2(F)CC2)C(C)(C)C)c(OCC(=O)NCCOCCOCCOCCC(=O)NCCN(C)C(=O)c2ccc(-c3cc(C(=O)N[C@@H]4CCc5ccccc54)no3)cc2O)c1. The molecule has 85 heavy (non-hydrogen) atoms. The third-order valence-corrected chi connectivity index (χ3v) is 15.8. The Labute approximate surface area is 495 Å². The molecule has 3 heterocycles. The summed E-state index contributed by atoms with van der Waals surface area (Å²) >= 11 is 1.43. The van der Waals surface area contributed by atoms with Gasteiger partial charge in [-0.15, -0.1) is 11.3 Å². The maximum Gasteiger partial charge on any atom is 0.273 e. The molecule has 0 radical (unpaired) electrons. The first kappa shape index (κ1) is 63.2. The summed E-state index contributed by atoms with van der Waals surface area (Å²) in [6, 6.07) is 16.9. The molecule has 3 aliphatic rings. The molecule has 1 saturated carbocycles. The van der Waals surface area contributed by atoms with Crippen LogP contribution in [0.15, 0.2) is 76.8 Å². The number of amides is 7. The number of thiazole rings is 1. The second-order valence-corrected chi connectivity index (χ2v) is 23.2. The lowest BCUT2D eigenvalue weighted by Crippen LogP contribution is -2.59. The number of hydrogen-bond donors (Lipinski definition) is 7. The van der Waals surface area contributed by atoms with Crippen molar-refractivity contribution in [2.24, 2.45) is 5.41 Å². The number of carbonyl (C=O) groups excluding carboxylic acids is 7. The number of aryl methyl sites for hydroxylation is 2. The van der Waals surface area contributed by atoms with E-state index in [1.165, 1.54) is 44.9 Å². The zero-order chi connectivity index (χ0) is 60.8. The number of carbonyl (C=O) groups is 7. The van der Waals surface area contributed by atoms with Crippen LogP contribution in [0.2, 0.25) is 0 Å². The van der Waals surface area contributed by atoms with Crippen molar-refractivity contribution >= 4 is 52.7 Å². The monoisotopic (exact) mass is 1200 g/mol. The Morgan fingerprint density at radius 2 is 1.61 bits per heavy atom. The number of benzene rings is 3. The van der Waals surface area contributed by atoms with Crippen molar-refractivity contribution in [2.45, 2.75) is 103 Å². The van der Waals surface area contributed by atoms with Gasteiger partial charge in [0.2, 0.25) is 17.7 Å². The Hall–Kier alpha value is -7.84. The highest BCUT2D eigenvalue weighted by atomic mass is 32.1. The number of aromatic nitrogens is 2. The lowest BCUT2D eigenvalue weighted by Gasteiger charge is -2.35. The fourth-order valence-corrected chi connectivity index (χ4v) is 10.6. The Bertz CT molecular complexity index is 3200. The molecule has 25 heteroatoms. The molecule has 0 spiro atoms. The molecule has 1 aliphatic heterocycles. The largest absolute Gasteiger partial charge is 0.507 e. The van der Waals surface area contributed by atoms with E-state index in [0.717, 1.165) is 34.5 Å². The van der Waals surface area contributed by atoms with Crippen molar-refractivity contribution in [1.29, 1.82) is 0 Å². The number of alkyl halides is 1. The van der Waals surface area contributed by atoms with Crippen LogP contribution in [-0.2, 0) is 51.1 Å². The minimum absolute atomic E-state index is 0.0420. The van der Waals surface area contributed by atoms with Crippen molar-refractivity contribution < 1.29 is 71.6 Å². The first-order chi connectivity index (χ1) is 40.7. The number of β-amino-alcohol motifs (C(OH)–C–C–N with tert-alkyl or cyclic N) is 1. The number of likely N-dealkylation sites (N-methyl/N-ethyl adjacent to an activating group) is 1. The average molecular weight is 1200 g/mol. The number of ether oxygens (including phenoxy) is 4. The van der Waals surface area contributed by atoms with E-state index < -0.39 is 58.8 Å². The first-order valence-corrected chi connectivity index (χ1v) is 29.2. The number of aliphatic hydroxyl groups is 1. The highest BCUT2D eigenvalue weighted by Crippen LogP contribution is 2.41. The standard InChI is InChI=1S/C60H74FN9O14S/c1-36-52(85-35-65-36)39-10-11-40(32-64-55(76)46-30-41(71)33-70(46)57(78)53(59(2,3)4)67-58(79)60(61)17-18-60)48(29-39)83-34-51(74)63-20-23-81-25-27-82-26-24-80-22-16-50(73)62-19-21-69(5)56(77)43-14-12-38(28-47(43)72)49-31-45(68-84-49)54(75)66-44-15-13-37-8-6-7-9-42(37)44/h6-12,14,28-29,31,35,41,44,46,53,71-72H,13,15-27,30,32-34H2,1-5H3,(H,62,73)(H,63,74)(H,64,76)(H,66,75)(H,67,79)/t41-,44-,46+,53-/m1/s1. The number of nitrogens with zero attached hydrogens (tertiary/aromatic N) is 4. The van der Waals surface area contributed by atoms with Crippen molar-refractivity contribution in [3.05, 3.63) is 106 Å². The third kappa shape index (κ3) is 17.0. The summed E-state index contributed by atoms with van der Waals surface area (Å²) in [5.41, 5.74) is 3.85. The van der Waals surface area contributed by atoms with Crippen LogP contribution in [0.25, 0.3) is 21.8 Å². The molecule has 2 aliphatic carbocycles. The van der Waals surface area contributed by atoms with E-state index in [-0.39, 0.29) is 145 Å². The van der Waals surface area contributed by atoms with Crippen LogP contribution in [0.5, 0.6) is 11.5 Å². The lowest BCUT2D eigenvalue weighted by atomic mass is 9.85. The van der Waals surface area contributed by atoms with Gasteiger partial charge in [-0.1, -0.05) is 68.4 Å². The lowest BCUT2D eigenvalue weighted by molar-refractivity contribution is -0.145. The van der Waals surface area contributed by atoms with E-state index in [0.29, 0.717) is 16.9 Å². The molecular weight excluding hydrogens is 1120 g/mol. The maximum atomic E-state index is 14.7. The Balaban J connectivity index is 0.671. The normalized spacial score (nSPS) is 17.1. The molecule has 5 aromatic rings. The second-order valence-electron chi connectivity index (χ2n) is 22.3. The van der Waals surface area contributed by atoms with Gasteiger partial charge in [0.05, 0.1) is 73.4 Å². The summed E-state index contributed by atoms with van der Waals surface area (Å²) in [6.45, 7) is 8.36. The van der Waals surface area contributed by atoms with Gasteiger partial charge >= 0.3 is 0 Å². The van der Waals surface area contributed by atoms with E-state index in [1.807, 2.05) is 31.2 Å². The van der Waals surface area contributed by atoms with Crippen molar-refractivity contribution in [3.8, 4) is 33.3 Å². The van der Waals surface area contributed by atoms with Crippen molar-refractivity contribution in [1.82, 2.24) is 46.5 Å². The fraction of sp³-hybridized carbons (Fsp3) is 0.483. The van der Waals surface area contributed by atoms with Crippen LogP contribution >= 0.6 is 11.3 Å². The number of likely N-dealkylation sites (tertiary alicyclic amines) is 1. The fourth-order valence-electron chi connectivity index (χ4n) is 9.82. The molecule has 2 aromatic heterocycles. The second kappa shape index (κ2) is 28.8. The number of nitrogens with one attached hydrogen (secondary N) is 5. The molecule has 456 valence electrons. The molecule has 23 nitrogen and oxygen atoms in total. The number of halogens is 1. The zero-order valence-corrected chi connectivity index (χ0v) is 49.2. The zero-order valence-electron chi connectivity index (χ0n) is 48.3. The minimum Gasteiger partial charge on any atom is -0.507 e. The van der Waals surface area contributed by atoms with E-state index in [9.17, 15) is 48.2 Å². The summed E-state index contributed by atoms with van der Waals surface area (Å²) in [5, 5.41) is 39.2. The topological polar surface area (TPSA) is 302 Å². The highest BCUT2D eigenvalue weighted by Gasteiger charge is 2.53. The molecular formula is C60H74FN9O14S. The summed E-state index contributed by atoms with van der Waals surface area (Å²) in [6.07, 6.45) is 0.856. The Morgan fingerprint density at radius 1 is 0.894 bits per heavy atom. The number of rotatable bonds is 29. The number of hydrogen-bond acceptors (Lipinski definition) is 17. The van der Waals surface area contributed by atoms with E-state index in [1.54, 1.807) is 51.5 Å². The summed E-state index contributed by atoms with van der Waals surface area (Å²) in [5.74, 6) is -3.27. The van der Waals surface area contributed by atoms with Crippen LogP contribution in [0, 0.1) is 12.3 Å².